The highest BCUT2D eigenvalue weighted by molar-refractivity contribution is 4.79. The molecule has 19 heavy (non-hydrogen) atoms. The van der Waals surface area contributed by atoms with Gasteiger partial charge in [-0.05, 0) is 11.8 Å². The zero-order valence-corrected chi connectivity index (χ0v) is 12.9. The molecule has 0 bridgehead atoms. The summed E-state index contributed by atoms with van der Waals surface area (Å²) in [6.07, 6.45) is 0.767. The largest absolute Gasteiger partial charge is 0.396 e. The Balaban J connectivity index is 3.45. The van der Waals surface area contributed by atoms with Crippen LogP contribution >= 0.6 is 0 Å². The maximum atomic E-state index is 9.05. The monoisotopic (exact) mass is 277 g/mol. The summed E-state index contributed by atoms with van der Waals surface area (Å²) >= 11 is 0. The van der Waals surface area contributed by atoms with Gasteiger partial charge in [-0.1, -0.05) is 20.8 Å². The van der Waals surface area contributed by atoms with Gasteiger partial charge in [0, 0.05) is 26.3 Å². The molecule has 0 aliphatic rings. The Bertz CT molecular complexity index is 194. The van der Waals surface area contributed by atoms with Gasteiger partial charge in [0.15, 0.2) is 0 Å². The van der Waals surface area contributed by atoms with E-state index in [2.05, 4.69) is 26.1 Å². The molecule has 0 aromatic heterocycles. The average Bonchev–Trinajstić information content (AvgIpc) is 2.34. The van der Waals surface area contributed by atoms with E-state index in [1.807, 2.05) is 0 Å². The van der Waals surface area contributed by atoms with E-state index in [0.29, 0.717) is 39.1 Å². The normalized spacial score (nSPS) is 13.7. The smallest absolute Gasteiger partial charge is 0.0701 e. The highest BCUT2D eigenvalue weighted by atomic mass is 16.5. The fourth-order valence-electron chi connectivity index (χ4n) is 1.74. The summed E-state index contributed by atoms with van der Waals surface area (Å²) in [6.45, 7) is 10.6. The van der Waals surface area contributed by atoms with Crippen molar-refractivity contribution < 1.29 is 19.3 Å². The van der Waals surface area contributed by atoms with Crippen molar-refractivity contribution in [3.8, 4) is 0 Å². The Kier molecular flexibility index (Phi) is 11.5. The van der Waals surface area contributed by atoms with Crippen molar-refractivity contribution in [1.29, 1.82) is 0 Å². The Morgan fingerprint density at radius 2 is 1.58 bits per heavy atom. The number of ether oxygens (including phenoxy) is 3. The van der Waals surface area contributed by atoms with E-state index in [-0.39, 0.29) is 12.0 Å². The molecule has 116 valence electrons. The summed E-state index contributed by atoms with van der Waals surface area (Å²) in [4.78, 5) is 0. The van der Waals surface area contributed by atoms with Crippen LogP contribution in [0.1, 0.15) is 27.2 Å². The van der Waals surface area contributed by atoms with Gasteiger partial charge in [0.05, 0.1) is 33.0 Å². The highest BCUT2D eigenvalue weighted by Crippen LogP contribution is 2.21. The zero-order chi connectivity index (χ0) is 14.6. The van der Waals surface area contributed by atoms with Crippen LogP contribution in [0.4, 0.5) is 0 Å². The van der Waals surface area contributed by atoms with Gasteiger partial charge in [-0.25, -0.2) is 0 Å². The van der Waals surface area contributed by atoms with Crippen molar-refractivity contribution in [2.24, 2.45) is 5.41 Å². The number of rotatable bonds is 12. The van der Waals surface area contributed by atoms with Crippen LogP contribution in [-0.2, 0) is 14.2 Å². The van der Waals surface area contributed by atoms with Crippen LogP contribution in [0.15, 0.2) is 0 Å². The first-order valence-corrected chi connectivity index (χ1v) is 7.01. The third-order valence-corrected chi connectivity index (χ3v) is 2.90. The van der Waals surface area contributed by atoms with Gasteiger partial charge < -0.3 is 24.6 Å². The molecule has 0 aliphatic carbocycles. The lowest BCUT2D eigenvalue weighted by atomic mass is 9.85. The summed E-state index contributed by atoms with van der Waals surface area (Å²) in [5.41, 5.74) is 0.145. The summed E-state index contributed by atoms with van der Waals surface area (Å²) < 4.78 is 15.6. The van der Waals surface area contributed by atoms with Crippen molar-refractivity contribution in [2.75, 3.05) is 53.3 Å². The van der Waals surface area contributed by atoms with E-state index in [1.54, 1.807) is 7.11 Å². The lowest BCUT2D eigenvalue weighted by Gasteiger charge is -2.31. The molecular formula is C14H31NO4. The van der Waals surface area contributed by atoms with Crippen molar-refractivity contribution in [3.05, 3.63) is 0 Å². The number of aliphatic hydroxyl groups excluding tert-OH is 1. The Morgan fingerprint density at radius 3 is 2.11 bits per heavy atom. The second-order valence-corrected chi connectivity index (χ2v) is 5.60. The van der Waals surface area contributed by atoms with Crippen molar-refractivity contribution in [3.63, 3.8) is 0 Å². The molecule has 1 unspecified atom stereocenters. The average molecular weight is 277 g/mol. The van der Waals surface area contributed by atoms with Crippen LogP contribution in [0.5, 0.6) is 0 Å². The van der Waals surface area contributed by atoms with Crippen LogP contribution < -0.4 is 5.32 Å². The van der Waals surface area contributed by atoms with Gasteiger partial charge >= 0.3 is 0 Å². The number of methoxy groups -OCH3 is 1. The third-order valence-electron chi connectivity index (χ3n) is 2.90. The van der Waals surface area contributed by atoms with E-state index >= 15 is 0 Å². The fraction of sp³-hybridized carbons (Fsp3) is 1.00. The van der Waals surface area contributed by atoms with E-state index in [1.165, 1.54) is 0 Å². The molecular weight excluding hydrogens is 246 g/mol. The predicted octanol–water partition coefficient (Wildman–Crippen LogP) is 1.05. The zero-order valence-electron chi connectivity index (χ0n) is 12.9. The van der Waals surface area contributed by atoms with Crippen molar-refractivity contribution in [1.82, 2.24) is 5.32 Å². The summed E-state index contributed by atoms with van der Waals surface area (Å²) in [5.74, 6) is 0. The number of nitrogens with one attached hydrogen (secondary N) is 1. The van der Waals surface area contributed by atoms with E-state index in [0.717, 1.165) is 13.0 Å². The molecule has 5 heteroatoms. The summed E-state index contributed by atoms with van der Waals surface area (Å²) in [6, 6.07) is 0.305. The van der Waals surface area contributed by atoms with E-state index in [9.17, 15) is 0 Å². The first-order chi connectivity index (χ1) is 9.02. The number of hydrogen-bond acceptors (Lipinski definition) is 5. The van der Waals surface area contributed by atoms with E-state index in [4.69, 9.17) is 19.3 Å². The minimum absolute atomic E-state index is 0.145. The summed E-state index contributed by atoms with van der Waals surface area (Å²) in [7, 11) is 1.66. The molecule has 0 radical (unpaired) electrons. The van der Waals surface area contributed by atoms with Gasteiger partial charge in [-0.3, -0.25) is 0 Å². The quantitative estimate of drug-likeness (QED) is 0.522. The van der Waals surface area contributed by atoms with Crippen molar-refractivity contribution in [2.45, 2.75) is 33.2 Å². The second-order valence-electron chi connectivity index (χ2n) is 5.60. The fourth-order valence-corrected chi connectivity index (χ4v) is 1.74. The van der Waals surface area contributed by atoms with Gasteiger partial charge in [0.2, 0.25) is 0 Å². The Labute approximate surface area is 117 Å². The third kappa shape index (κ3) is 11.3. The topological polar surface area (TPSA) is 60.0 Å². The molecule has 0 spiro atoms. The first kappa shape index (κ1) is 18.8. The first-order valence-electron chi connectivity index (χ1n) is 7.01. The van der Waals surface area contributed by atoms with Crippen LogP contribution in [0.2, 0.25) is 0 Å². The standard InChI is InChI=1S/C14H31NO4/c1-14(2,3)13(5-7-16)15-6-8-18-11-12-19-10-9-17-4/h13,15-16H,5-12H2,1-4H3. The second kappa shape index (κ2) is 11.6. The highest BCUT2D eigenvalue weighted by Gasteiger charge is 2.22. The van der Waals surface area contributed by atoms with Crippen LogP contribution in [0.3, 0.4) is 0 Å². The summed E-state index contributed by atoms with van der Waals surface area (Å²) in [5, 5.41) is 12.5. The molecule has 0 aliphatic heterocycles. The van der Waals surface area contributed by atoms with Crippen LogP contribution in [0.25, 0.3) is 0 Å². The number of hydrogen-bond donors (Lipinski definition) is 2. The molecule has 5 nitrogen and oxygen atoms in total. The van der Waals surface area contributed by atoms with Crippen molar-refractivity contribution >= 4 is 0 Å². The van der Waals surface area contributed by atoms with Gasteiger partial charge in [0.1, 0.15) is 0 Å². The molecule has 0 aromatic carbocycles. The molecule has 2 N–H and O–H groups in total. The molecule has 0 aromatic rings. The molecule has 1 atom stereocenters. The minimum atomic E-state index is 0.145. The maximum absolute atomic E-state index is 9.05. The Morgan fingerprint density at radius 1 is 1.00 bits per heavy atom. The molecule has 0 amide bonds. The molecule has 0 heterocycles. The molecule has 0 rings (SSSR count). The molecule has 0 saturated heterocycles. The SMILES string of the molecule is COCCOCCOCCNC(CCO)C(C)(C)C. The van der Waals surface area contributed by atoms with Gasteiger partial charge in [-0.15, -0.1) is 0 Å². The van der Waals surface area contributed by atoms with Gasteiger partial charge in [0.25, 0.3) is 0 Å². The minimum Gasteiger partial charge on any atom is -0.396 e. The van der Waals surface area contributed by atoms with Crippen LogP contribution in [-0.4, -0.2) is 64.4 Å². The number of aliphatic hydroxyl groups is 1. The maximum Gasteiger partial charge on any atom is 0.0701 e. The molecule has 0 saturated carbocycles. The lowest BCUT2D eigenvalue weighted by Crippen LogP contribution is -2.42. The van der Waals surface area contributed by atoms with E-state index < -0.39 is 0 Å². The predicted molar refractivity (Wildman–Crippen MR) is 76.5 cm³/mol. The van der Waals surface area contributed by atoms with Gasteiger partial charge in [-0.2, -0.15) is 0 Å². The Hall–Kier alpha value is -0.200. The van der Waals surface area contributed by atoms with Crippen LogP contribution in [0, 0.1) is 5.41 Å². The lowest BCUT2D eigenvalue weighted by molar-refractivity contribution is 0.0244. The molecule has 0 fully saturated rings.